The summed E-state index contributed by atoms with van der Waals surface area (Å²) >= 11 is 0. The van der Waals surface area contributed by atoms with Crippen molar-refractivity contribution in [3.63, 3.8) is 0 Å². The van der Waals surface area contributed by atoms with Crippen molar-refractivity contribution in [2.45, 2.75) is 12.6 Å². The van der Waals surface area contributed by atoms with E-state index in [0.717, 1.165) is 28.6 Å². The SMILES string of the molecule is NC(O)c1ccc2[nH]nc(C3=CCC=NC=C3)c2c1. The number of aliphatic hydroxyl groups is 1. The van der Waals surface area contributed by atoms with Crippen molar-refractivity contribution in [1.29, 1.82) is 0 Å². The van der Waals surface area contributed by atoms with Crippen LogP contribution in [0.5, 0.6) is 0 Å². The van der Waals surface area contributed by atoms with Gasteiger partial charge in [-0.15, -0.1) is 0 Å². The van der Waals surface area contributed by atoms with Crippen LogP contribution in [0.25, 0.3) is 16.5 Å². The first-order chi connectivity index (χ1) is 9.25. The Hall–Kier alpha value is -2.24. The number of nitrogens with zero attached hydrogens (tertiary/aromatic N) is 2. The standard InChI is InChI=1S/C14H14N4O/c15-14(19)10-3-4-12-11(8-10)13(18-17-12)9-2-1-6-16-7-5-9/h2-8,14,19H,1,15H2,(H,17,18). The van der Waals surface area contributed by atoms with E-state index in [-0.39, 0.29) is 0 Å². The van der Waals surface area contributed by atoms with E-state index in [1.54, 1.807) is 12.3 Å². The van der Waals surface area contributed by atoms with Crippen molar-refractivity contribution in [3.05, 3.63) is 47.8 Å². The van der Waals surface area contributed by atoms with E-state index < -0.39 is 6.23 Å². The molecule has 1 aliphatic rings. The molecule has 0 saturated heterocycles. The third-order valence-electron chi connectivity index (χ3n) is 3.09. The van der Waals surface area contributed by atoms with Gasteiger partial charge in [0.25, 0.3) is 0 Å². The number of H-pyrrole nitrogens is 1. The second-order valence-electron chi connectivity index (χ2n) is 4.36. The summed E-state index contributed by atoms with van der Waals surface area (Å²) in [6.07, 6.45) is 7.37. The minimum absolute atomic E-state index is 0.671. The first kappa shape index (κ1) is 11.8. The van der Waals surface area contributed by atoms with E-state index >= 15 is 0 Å². The van der Waals surface area contributed by atoms with Crippen molar-refractivity contribution in [2.75, 3.05) is 0 Å². The Morgan fingerprint density at radius 2 is 2.26 bits per heavy atom. The Balaban J connectivity index is 2.13. The van der Waals surface area contributed by atoms with Crippen LogP contribution in [0.3, 0.4) is 0 Å². The van der Waals surface area contributed by atoms with Crippen molar-refractivity contribution in [3.8, 4) is 0 Å². The fraction of sp³-hybridized carbons (Fsp3) is 0.143. The lowest BCUT2D eigenvalue weighted by Crippen LogP contribution is -2.07. The molecule has 1 unspecified atom stereocenters. The molecule has 3 rings (SSSR count). The highest BCUT2D eigenvalue weighted by Gasteiger charge is 2.11. The summed E-state index contributed by atoms with van der Waals surface area (Å²) in [5.41, 5.74) is 8.94. The number of nitrogens with two attached hydrogens (primary N) is 1. The third kappa shape index (κ3) is 2.21. The molecule has 1 aromatic carbocycles. The first-order valence-corrected chi connectivity index (χ1v) is 6.06. The zero-order valence-corrected chi connectivity index (χ0v) is 10.2. The Bertz CT molecular complexity index is 695. The highest BCUT2D eigenvalue weighted by atomic mass is 16.3. The molecule has 1 aliphatic heterocycles. The van der Waals surface area contributed by atoms with Crippen LogP contribution < -0.4 is 5.73 Å². The van der Waals surface area contributed by atoms with Crippen LogP contribution in [0.4, 0.5) is 0 Å². The van der Waals surface area contributed by atoms with Crippen molar-refractivity contribution < 1.29 is 5.11 Å². The van der Waals surface area contributed by atoms with Gasteiger partial charge in [-0.25, -0.2) is 0 Å². The second-order valence-corrected chi connectivity index (χ2v) is 4.36. The van der Waals surface area contributed by atoms with E-state index in [1.807, 2.05) is 24.4 Å². The molecule has 2 aromatic rings. The van der Waals surface area contributed by atoms with Gasteiger partial charge < -0.3 is 10.8 Å². The fourth-order valence-corrected chi connectivity index (χ4v) is 2.10. The van der Waals surface area contributed by atoms with Crippen LogP contribution in [0.2, 0.25) is 0 Å². The first-order valence-electron chi connectivity index (χ1n) is 6.06. The number of hydrogen-bond acceptors (Lipinski definition) is 4. The van der Waals surface area contributed by atoms with E-state index in [2.05, 4.69) is 21.3 Å². The van der Waals surface area contributed by atoms with Gasteiger partial charge in [-0.1, -0.05) is 12.1 Å². The summed E-state index contributed by atoms with van der Waals surface area (Å²) in [5.74, 6) is 0. The number of aliphatic hydroxyl groups excluding tert-OH is 1. The van der Waals surface area contributed by atoms with Crippen LogP contribution in [-0.2, 0) is 0 Å². The molecule has 0 amide bonds. The van der Waals surface area contributed by atoms with Crippen LogP contribution in [0.15, 0.2) is 41.5 Å². The molecule has 1 aromatic heterocycles. The van der Waals surface area contributed by atoms with Gasteiger partial charge in [0.15, 0.2) is 0 Å². The van der Waals surface area contributed by atoms with Gasteiger partial charge in [-0.3, -0.25) is 10.1 Å². The van der Waals surface area contributed by atoms with Crippen LogP contribution in [0, 0.1) is 0 Å². The normalized spacial score (nSPS) is 16.4. The van der Waals surface area contributed by atoms with E-state index in [4.69, 9.17) is 5.73 Å². The van der Waals surface area contributed by atoms with Crippen molar-refractivity contribution >= 4 is 22.7 Å². The van der Waals surface area contributed by atoms with E-state index in [0.29, 0.717) is 5.56 Å². The maximum atomic E-state index is 9.47. The molecule has 4 N–H and O–H groups in total. The Morgan fingerprint density at radius 3 is 3.11 bits per heavy atom. The van der Waals surface area contributed by atoms with Gasteiger partial charge >= 0.3 is 0 Å². The van der Waals surface area contributed by atoms with Gasteiger partial charge in [-0.2, -0.15) is 5.10 Å². The van der Waals surface area contributed by atoms with Crippen LogP contribution in [-0.4, -0.2) is 21.5 Å². The van der Waals surface area contributed by atoms with Crippen molar-refractivity contribution in [2.24, 2.45) is 10.7 Å². The fourth-order valence-electron chi connectivity index (χ4n) is 2.10. The predicted octanol–water partition coefficient (Wildman–Crippen LogP) is 1.88. The lowest BCUT2D eigenvalue weighted by molar-refractivity contribution is 0.186. The van der Waals surface area contributed by atoms with Gasteiger partial charge in [0.1, 0.15) is 6.23 Å². The zero-order chi connectivity index (χ0) is 13.2. The van der Waals surface area contributed by atoms with E-state index in [9.17, 15) is 5.11 Å². The quantitative estimate of drug-likeness (QED) is 0.715. The number of fused-ring (bicyclic) bond motifs is 1. The molecule has 1 atom stereocenters. The maximum absolute atomic E-state index is 9.47. The molecular weight excluding hydrogens is 240 g/mol. The predicted molar refractivity (Wildman–Crippen MR) is 75.5 cm³/mol. The highest BCUT2D eigenvalue weighted by molar-refractivity contribution is 5.94. The molecule has 0 saturated carbocycles. The molecule has 19 heavy (non-hydrogen) atoms. The summed E-state index contributed by atoms with van der Waals surface area (Å²) in [4.78, 5) is 4.10. The summed E-state index contributed by atoms with van der Waals surface area (Å²) in [7, 11) is 0. The average Bonchev–Trinajstić information content (AvgIpc) is 2.64. The van der Waals surface area contributed by atoms with E-state index in [1.165, 1.54) is 0 Å². The highest BCUT2D eigenvalue weighted by Crippen LogP contribution is 2.26. The molecule has 96 valence electrons. The smallest absolute Gasteiger partial charge is 0.128 e. The average molecular weight is 254 g/mol. The molecule has 0 bridgehead atoms. The number of rotatable bonds is 2. The molecule has 0 fully saturated rings. The number of aromatic nitrogens is 2. The molecule has 2 heterocycles. The largest absolute Gasteiger partial charge is 0.375 e. The lowest BCUT2D eigenvalue weighted by atomic mass is 10.0. The van der Waals surface area contributed by atoms with Crippen molar-refractivity contribution in [1.82, 2.24) is 10.2 Å². The topological polar surface area (TPSA) is 87.3 Å². The number of benzene rings is 1. The Kier molecular flexibility index (Phi) is 2.98. The van der Waals surface area contributed by atoms with Gasteiger partial charge in [0, 0.05) is 29.8 Å². The number of nitrogens with one attached hydrogen (secondary N) is 1. The number of hydrogen-bond donors (Lipinski definition) is 3. The lowest BCUT2D eigenvalue weighted by Gasteiger charge is -2.05. The molecule has 0 spiro atoms. The minimum Gasteiger partial charge on any atom is -0.375 e. The summed E-state index contributed by atoms with van der Waals surface area (Å²) in [5, 5.41) is 17.7. The number of allylic oxidation sites excluding steroid dienone is 3. The third-order valence-corrected chi connectivity index (χ3v) is 3.09. The summed E-state index contributed by atoms with van der Waals surface area (Å²) in [6.45, 7) is 0. The van der Waals surface area contributed by atoms with Crippen LogP contribution >= 0.6 is 0 Å². The maximum Gasteiger partial charge on any atom is 0.128 e. The van der Waals surface area contributed by atoms with Gasteiger partial charge in [0.05, 0.1) is 11.2 Å². The van der Waals surface area contributed by atoms with Gasteiger partial charge in [-0.05, 0) is 23.8 Å². The van der Waals surface area contributed by atoms with Crippen LogP contribution in [0.1, 0.15) is 23.9 Å². The minimum atomic E-state index is -0.978. The zero-order valence-electron chi connectivity index (χ0n) is 10.2. The summed E-state index contributed by atoms with van der Waals surface area (Å²) in [6, 6.07) is 5.52. The molecular formula is C14H14N4O. The molecule has 5 nitrogen and oxygen atoms in total. The molecule has 0 aliphatic carbocycles. The molecule has 0 radical (unpaired) electrons. The second kappa shape index (κ2) is 4.79. The number of aromatic amines is 1. The van der Waals surface area contributed by atoms with Gasteiger partial charge in [0.2, 0.25) is 0 Å². The molecule has 5 heteroatoms. The summed E-state index contributed by atoms with van der Waals surface area (Å²) < 4.78 is 0. The Morgan fingerprint density at radius 1 is 1.37 bits per heavy atom. The number of aliphatic imine (C=N–C) groups is 1. The monoisotopic (exact) mass is 254 g/mol. The Labute approximate surface area is 110 Å².